The van der Waals surface area contributed by atoms with Crippen LogP contribution in [0.2, 0.25) is 0 Å². The molecule has 2 aromatic rings. The molecule has 6 heteroatoms. The number of hydrogen-bond acceptors (Lipinski definition) is 5. The third-order valence-corrected chi connectivity index (χ3v) is 3.80. The van der Waals surface area contributed by atoms with Gasteiger partial charge in [0.05, 0.1) is 0 Å². The molecule has 0 bridgehead atoms. The predicted octanol–water partition coefficient (Wildman–Crippen LogP) is 1.70. The van der Waals surface area contributed by atoms with Gasteiger partial charge in [0.15, 0.2) is 5.16 Å². The molecule has 0 atom stereocenters. The third kappa shape index (κ3) is 3.16. The van der Waals surface area contributed by atoms with Gasteiger partial charge in [-0.3, -0.25) is 4.57 Å². The Morgan fingerprint density at radius 1 is 1.17 bits per heavy atom. The molecule has 0 amide bonds. The molecule has 96 valence electrons. The summed E-state index contributed by atoms with van der Waals surface area (Å²) >= 11 is 1.67. The van der Waals surface area contributed by atoms with Gasteiger partial charge >= 0.3 is 0 Å². The number of hydrogen-bond donors (Lipinski definition) is 2. The highest BCUT2D eigenvalue weighted by atomic mass is 32.2. The molecule has 0 fully saturated rings. The van der Waals surface area contributed by atoms with E-state index in [1.807, 2.05) is 19.2 Å². The first-order valence-corrected chi connectivity index (χ1v) is 6.77. The molecule has 18 heavy (non-hydrogen) atoms. The van der Waals surface area contributed by atoms with Gasteiger partial charge in [0.2, 0.25) is 5.95 Å². The molecule has 1 aromatic carbocycles. The number of rotatable bonds is 5. The van der Waals surface area contributed by atoms with E-state index in [1.165, 1.54) is 5.56 Å². The summed E-state index contributed by atoms with van der Waals surface area (Å²) in [5.41, 5.74) is 13.4. The van der Waals surface area contributed by atoms with Gasteiger partial charge < -0.3 is 11.5 Å². The van der Waals surface area contributed by atoms with Gasteiger partial charge in [0, 0.05) is 18.5 Å². The molecular formula is C12H17N5S. The van der Waals surface area contributed by atoms with Crippen LogP contribution in [0, 0.1) is 0 Å². The Hall–Kier alpha value is -1.69. The first kappa shape index (κ1) is 12.8. The zero-order valence-electron chi connectivity index (χ0n) is 10.3. The Bertz CT molecular complexity index is 506. The molecular weight excluding hydrogens is 246 g/mol. The second-order valence-electron chi connectivity index (χ2n) is 4.09. The highest BCUT2D eigenvalue weighted by molar-refractivity contribution is 7.99. The SMILES string of the molecule is Cn1c(N)nnc1SCCCc1ccc(N)cc1. The van der Waals surface area contributed by atoms with E-state index in [4.69, 9.17) is 11.5 Å². The fourth-order valence-electron chi connectivity index (χ4n) is 1.58. The molecule has 1 heterocycles. The van der Waals surface area contributed by atoms with Gasteiger partial charge in [0.25, 0.3) is 0 Å². The van der Waals surface area contributed by atoms with Crippen molar-refractivity contribution in [1.29, 1.82) is 0 Å². The van der Waals surface area contributed by atoms with Crippen molar-refractivity contribution >= 4 is 23.4 Å². The summed E-state index contributed by atoms with van der Waals surface area (Å²) in [5, 5.41) is 8.69. The predicted molar refractivity (Wildman–Crippen MR) is 75.3 cm³/mol. The lowest BCUT2D eigenvalue weighted by Crippen LogP contribution is -1.98. The summed E-state index contributed by atoms with van der Waals surface area (Å²) in [5.74, 6) is 1.45. The van der Waals surface area contributed by atoms with Gasteiger partial charge in [-0.25, -0.2) is 0 Å². The number of anilines is 2. The Balaban J connectivity index is 1.76. The topological polar surface area (TPSA) is 82.8 Å². The number of nitrogens with zero attached hydrogens (tertiary/aromatic N) is 3. The zero-order valence-corrected chi connectivity index (χ0v) is 11.2. The first-order chi connectivity index (χ1) is 8.66. The van der Waals surface area contributed by atoms with Crippen LogP contribution < -0.4 is 11.5 Å². The first-order valence-electron chi connectivity index (χ1n) is 5.79. The lowest BCUT2D eigenvalue weighted by Gasteiger charge is -2.02. The summed E-state index contributed by atoms with van der Waals surface area (Å²) in [6.07, 6.45) is 2.13. The van der Waals surface area contributed by atoms with Crippen molar-refractivity contribution in [2.45, 2.75) is 18.0 Å². The van der Waals surface area contributed by atoms with Gasteiger partial charge in [-0.15, -0.1) is 10.2 Å². The van der Waals surface area contributed by atoms with Crippen LogP contribution in [0.25, 0.3) is 0 Å². The van der Waals surface area contributed by atoms with Crippen molar-refractivity contribution in [1.82, 2.24) is 14.8 Å². The van der Waals surface area contributed by atoms with Crippen molar-refractivity contribution < 1.29 is 0 Å². The smallest absolute Gasteiger partial charge is 0.222 e. The Morgan fingerprint density at radius 3 is 2.50 bits per heavy atom. The van der Waals surface area contributed by atoms with E-state index in [2.05, 4.69) is 22.3 Å². The molecule has 0 saturated carbocycles. The van der Waals surface area contributed by atoms with Gasteiger partial charge in [-0.1, -0.05) is 23.9 Å². The molecule has 1 aromatic heterocycles. The van der Waals surface area contributed by atoms with Crippen LogP contribution in [0.5, 0.6) is 0 Å². The Labute approximate surface area is 111 Å². The van der Waals surface area contributed by atoms with Crippen molar-refractivity contribution in [3.05, 3.63) is 29.8 Å². The van der Waals surface area contributed by atoms with Gasteiger partial charge in [-0.2, -0.15) is 0 Å². The van der Waals surface area contributed by atoms with Crippen LogP contribution in [0.15, 0.2) is 29.4 Å². The van der Waals surface area contributed by atoms with E-state index in [0.717, 1.165) is 29.4 Å². The lowest BCUT2D eigenvalue weighted by molar-refractivity contribution is 0.793. The molecule has 4 N–H and O–H groups in total. The maximum Gasteiger partial charge on any atom is 0.222 e. The summed E-state index contributed by atoms with van der Waals surface area (Å²) in [7, 11) is 1.87. The fourth-order valence-corrected chi connectivity index (χ4v) is 2.43. The van der Waals surface area contributed by atoms with Crippen LogP contribution in [0.4, 0.5) is 11.6 Å². The number of nitrogens with two attached hydrogens (primary N) is 2. The van der Waals surface area contributed by atoms with Gasteiger partial charge in [0.1, 0.15) is 0 Å². The normalized spacial score (nSPS) is 10.7. The monoisotopic (exact) mass is 263 g/mol. The number of aryl methyl sites for hydroxylation is 1. The van der Waals surface area contributed by atoms with Crippen molar-refractivity contribution in [3.63, 3.8) is 0 Å². The third-order valence-electron chi connectivity index (χ3n) is 2.69. The lowest BCUT2D eigenvalue weighted by atomic mass is 10.1. The summed E-state index contributed by atoms with van der Waals surface area (Å²) in [4.78, 5) is 0. The minimum absolute atomic E-state index is 0.455. The van der Waals surface area contributed by atoms with Crippen LogP contribution in [-0.4, -0.2) is 20.5 Å². The molecule has 0 radical (unpaired) electrons. The average molecular weight is 263 g/mol. The number of thioether (sulfide) groups is 1. The zero-order chi connectivity index (χ0) is 13.0. The molecule has 0 aliphatic rings. The van der Waals surface area contributed by atoms with Crippen molar-refractivity contribution in [2.75, 3.05) is 17.2 Å². The van der Waals surface area contributed by atoms with E-state index < -0.39 is 0 Å². The number of benzene rings is 1. The molecule has 0 saturated heterocycles. The average Bonchev–Trinajstić information content (AvgIpc) is 2.68. The van der Waals surface area contributed by atoms with Crippen LogP contribution >= 0.6 is 11.8 Å². The molecule has 5 nitrogen and oxygen atoms in total. The highest BCUT2D eigenvalue weighted by Gasteiger charge is 2.05. The van der Waals surface area contributed by atoms with E-state index in [0.29, 0.717) is 5.95 Å². The van der Waals surface area contributed by atoms with Crippen LogP contribution in [0.1, 0.15) is 12.0 Å². The summed E-state index contributed by atoms with van der Waals surface area (Å²) in [6.45, 7) is 0. The number of nitrogen functional groups attached to an aromatic ring is 2. The molecule has 0 spiro atoms. The Morgan fingerprint density at radius 2 is 1.89 bits per heavy atom. The molecule has 0 aliphatic carbocycles. The maximum absolute atomic E-state index is 5.64. The van der Waals surface area contributed by atoms with E-state index in [9.17, 15) is 0 Å². The maximum atomic E-state index is 5.64. The quantitative estimate of drug-likeness (QED) is 0.487. The van der Waals surface area contributed by atoms with Crippen molar-refractivity contribution in [3.8, 4) is 0 Å². The minimum atomic E-state index is 0.455. The number of aromatic nitrogens is 3. The Kier molecular flexibility index (Phi) is 4.09. The standard InChI is InChI=1S/C12H17N5S/c1-17-11(14)15-16-12(17)18-8-2-3-9-4-6-10(13)7-5-9/h4-7H,2-3,8,13H2,1H3,(H2,14,15). The molecule has 0 aliphatic heterocycles. The van der Waals surface area contributed by atoms with E-state index in [-0.39, 0.29) is 0 Å². The second kappa shape index (κ2) is 5.77. The fraction of sp³-hybridized carbons (Fsp3) is 0.333. The van der Waals surface area contributed by atoms with Crippen molar-refractivity contribution in [2.24, 2.45) is 7.05 Å². The molecule has 0 unspecified atom stereocenters. The van der Waals surface area contributed by atoms with E-state index in [1.54, 1.807) is 16.3 Å². The van der Waals surface area contributed by atoms with E-state index >= 15 is 0 Å². The summed E-state index contributed by atoms with van der Waals surface area (Å²) < 4.78 is 1.80. The van der Waals surface area contributed by atoms with Crippen LogP contribution in [-0.2, 0) is 13.5 Å². The largest absolute Gasteiger partial charge is 0.399 e. The molecule has 2 rings (SSSR count). The highest BCUT2D eigenvalue weighted by Crippen LogP contribution is 2.18. The summed E-state index contributed by atoms with van der Waals surface area (Å²) in [6, 6.07) is 8.01. The van der Waals surface area contributed by atoms with Crippen LogP contribution in [0.3, 0.4) is 0 Å². The van der Waals surface area contributed by atoms with Gasteiger partial charge in [-0.05, 0) is 30.5 Å². The minimum Gasteiger partial charge on any atom is -0.399 e. The second-order valence-corrected chi connectivity index (χ2v) is 5.16.